The number of carbonyl (C=O) groups excluding carboxylic acids is 3. The Balaban J connectivity index is 0.00000768. The van der Waals surface area contributed by atoms with E-state index in [1.807, 2.05) is 42.3 Å². The lowest BCUT2D eigenvalue weighted by Gasteiger charge is -2.37. The lowest BCUT2D eigenvalue weighted by atomic mass is 9.76. The first-order valence-electron chi connectivity index (χ1n) is 16.5. The fourth-order valence-electron chi connectivity index (χ4n) is 6.05. The molecule has 0 fully saturated rings. The first-order valence-corrected chi connectivity index (χ1v) is 19.2. The molecule has 0 aromatic heterocycles. The number of halogens is 2. The summed E-state index contributed by atoms with van der Waals surface area (Å²) in [5.74, 6) is 0.314. The first kappa shape index (κ1) is 41.0. The molecule has 0 saturated carbocycles. The molecule has 11 heteroatoms. The highest BCUT2D eigenvalue weighted by Gasteiger charge is 2.32. The molecule has 1 aliphatic carbocycles. The van der Waals surface area contributed by atoms with E-state index in [1.54, 1.807) is 0 Å². The highest BCUT2D eigenvalue weighted by molar-refractivity contribution is 7.50. The van der Waals surface area contributed by atoms with E-state index in [9.17, 15) is 23.8 Å². The third-order valence-corrected chi connectivity index (χ3v) is 10.0. The van der Waals surface area contributed by atoms with Crippen LogP contribution in [0.2, 0.25) is 10.0 Å². The SMILES string of the molecule is C.CN(C(=O)CCCCCCC(=O)CCC(=O)NCCCCCCOP(C)(=O)[O-])[C@H]1CC[C@@H](c2ccc(Cl)c(Cl)c2)c2ccccc21. The lowest BCUT2D eigenvalue weighted by molar-refractivity contribution is -0.196. The summed E-state index contributed by atoms with van der Waals surface area (Å²) in [4.78, 5) is 50.2. The third kappa shape index (κ3) is 14.4. The van der Waals surface area contributed by atoms with Gasteiger partial charge in [-0.25, -0.2) is 0 Å². The summed E-state index contributed by atoms with van der Waals surface area (Å²) in [6.07, 6.45) is 9.63. The number of fused-ring (bicyclic) bond motifs is 1. The molecular formula is C36H52Cl2N2O6P-. The van der Waals surface area contributed by atoms with Crippen LogP contribution in [0.3, 0.4) is 0 Å². The number of benzene rings is 2. The average Bonchev–Trinajstić information content (AvgIpc) is 3.02. The molecule has 1 aliphatic rings. The van der Waals surface area contributed by atoms with Crippen molar-refractivity contribution in [3.63, 3.8) is 0 Å². The molecule has 0 spiro atoms. The molecule has 3 rings (SSSR count). The van der Waals surface area contributed by atoms with E-state index in [4.69, 9.17) is 27.7 Å². The van der Waals surface area contributed by atoms with Crippen LogP contribution in [0.1, 0.15) is 126 Å². The van der Waals surface area contributed by atoms with Crippen molar-refractivity contribution < 1.29 is 28.4 Å². The molecule has 2 aromatic rings. The van der Waals surface area contributed by atoms with E-state index in [1.165, 1.54) is 11.1 Å². The molecule has 0 heterocycles. The van der Waals surface area contributed by atoms with Gasteiger partial charge in [0.15, 0.2) is 0 Å². The van der Waals surface area contributed by atoms with Gasteiger partial charge in [0.2, 0.25) is 11.8 Å². The van der Waals surface area contributed by atoms with E-state index in [0.717, 1.165) is 70.0 Å². The highest BCUT2D eigenvalue weighted by Crippen LogP contribution is 2.44. The van der Waals surface area contributed by atoms with Gasteiger partial charge in [-0.1, -0.05) is 86.6 Å². The second-order valence-electron chi connectivity index (χ2n) is 12.3. The van der Waals surface area contributed by atoms with Crippen molar-refractivity contribution in [3.8, 4) is 0 Å². The molecule has 47 heavy (non-hydrogen) atoms. The molecule has 0 saturated heterocycles. The fraction of sp³-hybridized carbons (Fsp3) is 0.583. The van der Waals surface area contributed by atoms with Crippen LogP contribution in [-0.2, 0) is 23.5 Å². The minimum absolute atomic E-state index is 0. The normalized spacial score (nSPS) is 16.8. The van der Waals surface area contributed by atoms with E-state index in [-0.39, 0.29) is 56.4 Å². The predicted octanol–water partition coefficient (Wildman–Crippen LogP) is 8.62. The molecule has 0 bridgehead atoms. The molecule has 8 nitrogen and oxygen atoms in total. The molecule has 3 atom stereocenters. The minimum Gasteiger partial charge on any atom is -0.779 e. The van der Waals surface area contributed by atoms with Crippen molar-refractivity contribution in [2.75, 3.05) is 26.9 Å². The van der Waals surface area contributed by atoms with E-state index < -0.39 is 7.60 Å². The first-order chi connectivity index (χ1) is 22.0. The summed E-state index contributed by atoms with van der Waals surface area (Å²) in [5.41, 5.74) is 3.55. The summed E-state index contributed by atoms with van der Waals surface area (Å²) in [6.45, 7) is 1.80. The number of ketones is 1. The van der Waals surface area contributed by atoms with Crippen LogP contribution in [-0.4, -0.2) is 49.4 Å². The summed E-state index contributed by atoms with van der Waals surface area (Å²) < 4.78 is 15.7. The number of Topliss-reactive ketones (excluding diaryl/α,β-unsaturated/α-hetero) is 1. The standard InChI is InChI=1S/C35H49Cl2N2O6P.CH4/c1-39(33-21-19-28(29-14-9-10-15-30(29)33)26-17-20-31(36)32(37)25-26)35(42)16-8-4-3-7-13-27(40)18-22-34(41)38-23-11-5-6-12-24-45-46(2,43)44;/h9-10,14-15,17,20,25,28,33H,3-8,11-13,16,18-19,21-24H2,1-2H3,(H,38,41)(H,43,44);1H4/p-1/t28-,33-;/m0./s1. The second-order valence-corrected chi connectivity index (χ2v) is 14.9. The monoisotopic (exact) mass is 709 g/mol. The van der Waals surface area contributed by atoms with Gasteiger partial charge in [0, 0.05) is 51.9 Å². The topological polar surface area (TPSA) is 116 Å². The Labute approximate surface area is 291 Å². The van der Waals surface area contributed by atoms with Crippen LogP contribution >= 0.6 is 30.8 Å². The van der Waals surface area contributed by atoms with Gasteiger partial charge in [-0.3, -0.25) is 14.4 Å². The molecule has 2 aromatic carbocycles. The molecule has 1 unspecified atom stereocenters. The van der Waals surface area contributed by atoms with Gasteiger partial charge in [0.25, 0.3) is 0 Å². The van der Waals surface area contributed by atoms with E-state index >= 15 is 0 Å². The number of amides is 2. The number of carbonyl (C=O) groups is 3. The second kappa shape index (κ2) is 21.0. The maximum Gasteiger partial charge on any atom is 0.222 e. The average molecular weight is 711 g/mol. The Morgan fingerprint density at radius 2 is 1.53 bits per heavy atom. The molecule has 1 N–H and O–H groups in total. The van der Waals surface area contributed by atoms with E-state index in [2.05, 4.69) is 17.4 Å². The lowest BCUT2D eigenvalue weighted by Crippen LogP contribution is -2.34. The van der Waals surface area contributed by atoms with E-state index in [0.29, 0.717) is 35.9 Å². The summed E-state index contributed by atoms with van der Waals surface area (Å²) >= 11 is 12.5. The van der Waals surface area contributed by atoms with Crippen molar-refractivity contribution in [1.29, 1.82) is 0 Å². The Morgan fingerprint density at radius 3 is 2.23 bits per heavy atom. The molecule has 0 radical (unpaired) electrons. The van der Waals surface area contributed by atoms with Crippen molar-refractivity contribution in [2.45, 2.75) is 109 Å². The van der Waals surface area contributed by atoms with Crippen molar-refractivity contribution in [3.05, 3.63) is 69.2 Å². The van der Waals surface area contributed by atoms with Crippen LogP contribution in [0, 0.1) is 0 Å². The van der Waals surface area contributed by atoms with Crippen LogP contribution in [0.15, 0.2) is 42.5 Å². The van der Waals surface area contributed by atoms with Gasteiger partial charge >= 0.3 is 0 Å². The highest BCUT2D eigenvalue weighted by atomic mass is 35.5. The Hall–Kier alpha value is -2.22. The number of nitrogens with zero attached hydrogens (tertiary/aromatic N) is 1. The summed E-state index contributed by atoms with van der Waals surface area (Å²) in [5, 5.41) is 3.93. The zero-order valence-corrected chi connectivity index (χ0v) is 29.5. The number of nitrogens with one attached hydrogen (secondary N) is 1. The molecule has 0 aliphatic heterocycles. The maximum atomic E-state index is 13.1. The minimum atomic E-state index is -3.65. The predicted molar refractivity (Wildman–Crippen MR) is 189 cm³/mol. The number of hydrogen-bond donors (Lipinski definition) is 1. The Kier molecular flexibility index (Phi) is 18.3. The number of hydrogen-bond acceptors (Lipinski definition) is 6. The third-order valence-electron chi connectivity index (χ3n) is 8.61. The molecule has 2 amide bonds. The van der Waals surface area contributed by atoms with Crippen LogP contribution in [0.5, 0.6) is 0 Å². The number of rotatable bonds is 20. The summed E-state index contributed by atoms with van der Waals surface area (Å²) in [6, 6.07) is 14.2. The van der Waals surface area contributed by atoms with Gasteiger partial charge < -0.3 is 24.2 Å². The van der Waals surface area contributed by atoms with Crippen molar-refractivity contribution >= 4 is 48.4 Å². The van der Waals surface area contributed by atoms with Gasteiger partial charge in [-0.2, -0.15) is 0 Å². The van der Waals surface area contributed by atoms with Gasteiger partial charge in [-0.05, 0) is 67.3 Å². The number of unbranched alkanes of at least 4 members (excludes halogenated alkanes) is 6. The van der Waals surface area contributed by atoms with Gasteiger partial charge in [0.05, 0.1) is 22.7 Å². The van der Waals surface area contributed by atoms with Gasteiger partial charge in [-0.15, -0.1) is 0 Å². The maximum absolute atomic E-state index is 13.1. The van der Waals surface area contributed by atoms with Crippen molar-refractivity contribution in [1.82, 2.24) is 10.2 Å². The molecular weight excluding hydrogens is 658 g/mol. The van der Waals surface area contributed by atoms with Crippen LogP contribution in [0.25, 0.3) is 0 Å². The van der Waals surface area contributed by atoms with Gasteiger partial charge in [0.1, 0.15) is 13.4 Å². The van der Waals surface area contributed by atoms with Crippen LogP contribution < -0.4 is 10.2 Å². The Morgan fingerprint density at radius 1 is 0.872 bits per heavy atom. The summed E-state index contributed by atoms with van der Waals surface area (Å²) in [7, 11) is -1.75. The zero-order valence-electron chi connectivity index (χ0n) is 27.1. The smallest absolute Gasteiger partial charge is 0.222 e. The Bertz CT molecular complexity index is 1350. The molecule has 262 valence electrons. The van der Waals surface area contributed by atoms with Crippen molar-refractivity contribution in [2.24, 2.45) is 0 Å². The largest absolute Gasteiger partial charge is 0.779 e. The van der Waals surface area contributed by atoms with Crippen LogP contribution in [0.4, 0.5) is 0 Å². The zero-order chi connectivity index (χ0) is 33.5. The quantitative estimate of drug-likeness (QED) is 0.109. The fourth-order valence-corrected chi connectivity index (χ4v) is 6.82.